The minimum atomic E-state index is -0.0980. The summed E-state index contributed by atoms with van der Waals surface area (Å²) in [4.78, 5) is 32.8. The van der Waals surface area contributed by atoms with E-state index in [1.54, 1.807) is 39.5 Å². The molecule has 1 heterocycles. The highest BCUT2D eigenvalue weighted by Gasteiger charge is 2.14. The first kappa shape index (κ1) is 30.3. The molecule has 0 fully saturated rings. The van der Waals surface area contributed by atoms with Crippen LogP contribution in [-0.4, -0.2) is 69.3 Å². The molecular formula is C28H35ClN6O5. The number of carbonyl (C=O) groups is 2. The van der Waals surface area contributed by atoms with E-state index in [9.17, 15) is 9.59 Å². The maximum atomic E-state index is 12.5. The van der Waals surface area contributed by atoms with Crippen LogP contribution >= 0.6 is 11.6 Å². The first-order chi connectivity index (χ1) is 19.3. The number of halogens is 1. The van der Waals surface area contributed by atoms with Crippen molar-refractivity contribution in [1.29, 1.82) is 0 Å². The molecule has 4 N–H and O–H groups in total. The minimum Gasteiger partial charge on any atom is -0.493 e. The Hall–Kier alpha value is -4.25. The molecule has 0 aliphatic heterocycles. The highest BCUT2D eigenvalue weighted by atomic mass is 35.5. The number of amides is 2. The maximum Gasteiger partial charge on any atom is 0.220 e. The predicted octanol–water partition coefficient (Wildman–Crippen LogP) is 3.53. The first-order valence-electron chi connectivity index (χ1n) is 12.8. The normalized spacial score (nSPS) is 10.4. The van der Waals surface area contributed by atoms with Crippen molar-refractivity contribution in [2.75, 3.05) is 58.1 Å². The summed E-state index contributed by atoms with van der Waals surface area (Å²) < 4.78 is 16.1. The number of ether oxygens (including phenoxy) is 3. The van der Waals surface area contributed by atoms with Gasteiger partial charge in [0.1, 0.15) is 11.6 Å². The lowest BCUT2D eigenvalue weighted by Crippen LogP contribution is -2.29. The number of benzene rings is 2. The Morgan fingerprint density at radius 3 is 1.90 bits per heavy atom. The van der Waals surface area contributed by atoms with Gasteiger partial charge in [0.05, 0.1) is 21.3 Å². The molecule has 0 saturated carbocycles. The Bertz CT molecular complexity index is 1260. The Balaban J connectivity index is 1.55. The Morgan fingerprint density at radius 1 is 0.800 bits per heavy atom. The van der Waals surface area contributed by atoms with E-state index < -0.39 is 0 Å². The summed E-state index contributed by atoms with van der Waals surface area (Å²) in [5.74, 6) is 3.13. The third-order valence-electron chi connectivity index (χ3n) is 5.75. The van der Waals surface area contributed by atoms with Crippen molar-refractivity contribution in [3.63, 3.8) is 0 Å². The van der Waals surface area contributed by atoms with Crippen molar-refractivity contribution in [3.8, 4) is 28.6 Å². The molecule has 1 aromatic heterocycles. The molecule has 0 atom stereocenters. The second-order valence-electron chi connectivity index (χ2n) is 8.69. The third-order valence-corrected chi connectivity index (χ3v) is 6.00. The van der Waals surface area contributed by atoms with E-state index in [2.05, 4.69) is 31.2 Å². The average molecular weight is 571 g/mol. The van der Waals surface area contributed by atoms with E-state index >= 15 is 0 Å². The predicted molar refractivity (Wildman–Crippen MR) is 156 cm³/mol. The van der Waals surface area contributed by atoms with E-state index in [1.165, 1.54) is 6.92 Å². The summed E-state index contributed by atoms with van der Waals surface area (Å²) in [6.07, 6.45) is 0.815. The standard InChI is InChI=1S/C28H35ClN6O5/c1-18(36)30-11-12-31-24-17-25(35-28(34-24)20-6-8-21(29)9-7-20)32-13-14-33-26(37)10-5-19-15-22(38-2)27(40-4)23(16-19)39-3/h6-9,15-17H,5,10-14H2,1-4H3,(H,30,36)(H,33,37)(H2,31,32,34,35). The molecule has 0 aliphatic carbocycles. The lowest BCUT2D eigenvalue weighted by Gasteiger charge is -2.14. The SMILES string of the molecule is COc1cc(CCC(=O)NCCNc2cc(NCCNC(C)=O)nc(-c3ccc(Cl)cc3)n2)cc(OC)c1OC. The lowest BCUT2D eigenvalue weighted by atomic mass is 10.1. The second kappa shape index (κ2) is 15.4. The molecule has 12 heteroatoms. The highest BCUT2D eigenvalue weighted by Crippen LogP contribution is 2.38. The third kappa shape index (κ3) is 9.19. The van der Waals surface area contributed by atoms with Gasteiger partial charge >= 0.3 is 0 Å². The van der Waals surface area contributed by atoms with Gasteiger partial charge in [-0.2, -0.15) is 0 Å². The van der Waals surface area contributed by atoms with Crippen molar-refractivity contribution in [3.05, 3.63) is 53.1 Å². The van der Waals surface area contributed by atoms with E-state index in [0.29, 0.717) is 78.8 Å². The molecule has 3 rings (SSSR count). The number of carbonyl (C=O) groups excluding carboxylic acids is 2. The van der Waals surface area contributed by atoms with Crippen molar-refractivity contribution >= 4 is 35.1 Å². The van der Waals surface area contributed by atoms with E-state index in [1.807, 2.05) is 24.3 Å². The Kier molecular flexibility index (Phi) is 11.6. The summed E-state index contributed by atoms with van der Waals surface area (Å²) >= 11 is 6.03. The van der Waals surface area contributed by atoms with Crippen LogP contribution in [0.25, 0.3) is 11.4 Å². The number of methoxy groups -OCH3 is 3. The largest absolute Gasteiger partial charge is 0.493 e. The van der Waals surface area contributed by atoms with E-state index in [-0.39, 0.29) is 11.8 Å². The van der Waals surface area contributed by atoms with Crippen molar-refractivity contribution in [2.45, 2.75) is 19.8 Å². The van der Waals surface area contributed by atoms with Gasteiger partial charge in [-0.3, -0.25) is 9.59 Å². The number of anilines is 2. The minimum absolute atomic E-state index is 0.0829. The van der Waals surface area contributed by atoms with Crippen LogP contribution < -0.4 is 35.5 Å². The van der Waals surface area contributed by atoms with Crippen molar-refractivity contribution in [1.82, 2.24) is 20.6 Å². The molecule has 11 nitrogen and oxygen atoms in total. The molecule has 0 spiro atoms. The zero-order valence-electron chi connectivity index (χ0n) is 23.1. The van der Waals surface area contributed by atoms with Gasteiger partial charge in [0.15, 0.2) is 17.3 Å². The molecule has 2 amide bonds. The molecule has 0 aliphatic rings. The van der Waals surface area contributed by atoms with Crippen LogP contribution in [-0.2, 0) is 16.0 Å². The smallest absolute Gasteiger partial charge is 0.220 e. The summed E-state index contributed by atoms with van der Waals surface area (Å²) in [7, 11) is 4.66. The fourth-order valence-electron chi connectivity index (χ4n) is 3.80. The maximum absolute atomic E-state index is 12.5. The van der Waals surface area contributed by atoms with Gasteiger partial charge in [-0.15, -0.1) is 0 Å². The molecule has 0 radical (unpaired) electrons. The number of aryl methyl sites for hydroxylation is 1. The van der Waals surface area contributed by atoms with Crippen LogP contribution in [0.3, 0.4) is 0 Å². The quantitative estimate of drug-likeness (QED) is 0.202. The number of hydrogen-bond donors (Lipinski definition) is 4. The molecule has 214 valence electrons. The van der Waals surface area contributed by atoms with Gasteiger partial charge in [-0.05, 0) is 48.4 Å². The summed E-state index contributed by atoms with van der Waals surface area (Å²) in [6, 6.07) is 12.7. The topological polar surface area (TPSA) is 136 Å². The highest BCUT2D eigenvalue weighted by molar-refractivity contribution is 6.30. The number of hydrogen-bond acceptors (Lipinski definition) is 9. The average Bonchev–Trinajstić information content (AvgIpc) is 2.96. The molecule has 0 unspecified atom stereocenters. The number of rotatable bonds is 15. The van der Waals surface area contributed by atoms with Gasteiger partial charge in [0.2, 0.25) is 17.6 Å². The fraction of sp³-hybridized carbons (Fsp3) is 0.357. The van der Waals surface area contributed by atoms with E-state index in [4.69, 9.17) is 25.8 Å². The zero-order valence-corrected chi connectivity index (χ0v) is 23.9. The van der Waals surface area contributed by atoms with Crippen LogP contribution in [0.15, 0.2) is 42.5 Å². The molecular weight excluding hydrogens is 536 g/mol. The van der Waals surface area contributed by atoms with Crippen LogP contribution in [0.5, 0.6) is 17.2 Å². The fourth-order valence-corrected chi connectivity index (χ4v) is 3.93. The van der Waals surface area contributed by atoms with Crippen LogP contribution in [0.4, 0.5) is 11.6 Å². The number of nitrogens with zero attached hydrogens (tertiary/aromatic N) is 2. The molecule has 2 aromatic carbocycles. The Labute approximate surface area is 239 Å². The molecule has 0 saturated heterocycles. The molecule has 0 bridgehead atoms. The Morgan fingerprint density at radius 2 is 1.38 bits per heavy atom. The van der Waals surface area contributed by atoms with Crippen molar-refractivity contribution in [2.24, 2.45) is 0 Å². The first-order valence-corrected chi connectivity index (χ1v) is 13.1. The van der Waals surface area contributed by atoms with Gasteiger partial charge in [0.25, 0.3) is 0 Å². The second-order valence-corrected chi connectivity index (χ2v) is 9.13. The molecule has 40 heavy (non-hydrogen) atoms. The monoisotopic (exact) mass is 570 g/mol. The van der Waals surface area contributed by atoms with Gasteiger partial charge in [0, 0.05) is 56.2 Å². The van der Waals surface area contributed by atoms with Crippen LogP contribution in [0.2, 0.25) is 5.02 Å². The van der Waals surface area contributed by atoms with Gasteiger partial charge in [-0.25, -0.2) is 9.97 Å². The number of aromatic nitrogens is 2. The van der Waals surface area contributed by atoms with Crippen molar-refractivity contribution < 1.29 is 23.8 Å². The summed E-state index contributed by atoms with van der Waals surface area (Å²) in [5, 5.41) is 12.7. The van der Waals surface area contributed by atoms with Crippen LogP contribution in [0.1, 0.15) is 18.9 Å². The van der Waals surface area contributed by atoms with Gasteiger partial charge < -0.3 is 35.5 Å². The zero-order chi connectivity index (χ0) is 28.9. The molecule has 3 aromatic rings. The summed E-state index contributed by atoms with van der Waals surface area (Å²) in [5.41, 5.74) is 1.70. The summed E-state index contributed by atoms with van der Waals surface area (Å²) in [6.45, 7) is 3.29. The van der Waals surface area contributed by atoms with Crippen LogP contribution in [0, 0.1) is 0 Å². The lowest BCUT2D eigenvalue weighted by molar-refractivity contribution is -0.121. The van der Waals surface area contributed by atoms with E-state index in [0.717, 1.165) is 11.1 Å². The number of nitrogens with one attached hydrogen (secondary N) is 4. The van der Waals surface area contributed by atoms with Gasteiger partial charge in [-0.1, -0.05) is 11.6 Å².